The van der Waals surface area contributed by atoms with Gasteiger partial charge in [0.05, 0.1) is 17.3 Å². The van der Waals surface area contributed by atoms with E-state index in [1.54, 1.807) is 6.07 Å². The van der Waals surface area contributed by atoms with Gasteiger partial charge in [0.2, 0.25) is 5.95 Å². The van der Waals surface area contributed by atoms with Crippen LogP contribution in [0.3, 0.4) is 0 Å². The maximum atomic E-state index is 13.0. The second-order valence-electron chi connectivity index (χ2n) is 10.6. The molecule has 1 unspecified atom stereocenters. The number of hydrogen-bond acceptors (Lipinski definition) is 7. The quantitative estimate of drug-likeness (QED) is 0.304. The van der Waals surface area contributed by atoms with Crippen molar-refractivity contribution >= 4 is 11.6 Å². The molecule has 1 fully saturated rings. The van der Waals surface area contributed by atoms with Crippen molar-refractivity contribution in [2.75, 3.05) is 30.3 Å². The van der Waals surface area contributed by atoms with Crippen molar-refractivity contribution in [3.8, 4) is 11.8 Å². The number of anilines is 2. The number of benzene rings is 2. The first-order valence-electron chi connectivity index (χ1n) is 13.5. The van der Waals surface area contributed by atoms with Gasteiger partial charge >= 0.3 is 6.18 Å². The fraction of sp³-hybridized carbons (Fsp3) is 0.433. The lowest BCUT2D eigenvalue weighted by Gasteiger charge is -2.32. The molecule has 0 radical (unpaired) electrons. The van der Waals surface area contributed by atoms with Crippen LogP contribution in [0.5, 0.6) is 5.75 Å². The first-order valence-corrected chi connectivity index (χ1v) is 13.5. The van der Waals surface area contributed by atoms with E-state index in [1.165, 1.54) is 6.20 Å². The first-order chi connectivity index (χ1) is 19.0. The lowest BCUT2D eigenvalue weighted by atomic mass is 9.97. The Hall–Kier alpha value is -3.84. The topological polar surface area (TPSA) is 100 Å². The van der Waals surface area contributed by atoms with E-state index >= 15 is 0 Å². The molecule has 1 aromatic heterocycles. The Bertz CT molecular complexity index is 1330. The molecule has 1 saturated heterocycles. The van der Waals surface area contributed by atoms with Crippen molar-refractivity contribution < 1.29 is 17.9 Å². The van der Waals surface area contributed by atoms with Gasteiger partial charge in [-0.3, -0.25) is 0 Å². The normalized spacial score (nSPS) is 15.2. The van der Waals surface area contributed by atoms with Gasteiger partial charge in [-0.25, -0.2) is 9.97 Å². The van der Waals surface area contributed by atoms with Crippen LogP contribution < -0.4 is 20.7 Å². The number of piperidine rings is 1. The highest BCUT2D eigenvalue weighted by Gasteiger charge is 2.33. The monoisotopic (exact) mass is 552 g/mol. The Labute approximate surface area is 233 Å². The summed E-state index contributed by atoms with van der Waals surface area (Å²) in [5.41, 5.74) is 9.38. The number of nitrogens with zero attached hydrogens (tertiary/aromatic N) is 4. The zero-order valence-electron chi connectivity index (χ0n) is 23.0. The number of halogens is 3. The molecule has 0 spiro atoms. The van der Waals surface area contributed by atoms with E-state index in [1.807, 2.05) is 43.9 Å². The van der Waals surface area contributed by atoms with Gasteiger partial charge < -0.3 is 20.7 Å². The van der Waals surface area contributed by atoms with Crippen LogP contribution in [0.2, 0.25) is 0 Å². The summed E-state index contributed by atoms with van der Waals surface area (Å²) in [5, 5.41) is 12.8. The van der Waals surface area contributed by atoms with E-state index in [0.29, 0.717) is 42.6 Å². The average Bonchev–Trinajstić information content (AvgIpc) is 2.94. The average molecular weight is 553 g/mol. The number of nitrogens with two attached hydrogens (primary N) is 1. The van der Waals surface area contributed by atoms with Gasteiger partial charge in [0.1, 0.15) is 17.5 Å². The molecule has 212 valence electrons. The minimum absolute atomic E-state index is 0.141. The molecule has 40 heavy (non-hydrogen) atoms. The fourth-order valence-corrected chi connectivity index (χ4v) is 4.87. The van der Waals surface area contributed by atoms with E-state index < -0.39 is 11.9 Å². The smallest absolute Gasteiger partial charge is 0.433 e. The minimum Gasteiger partial charge on any atom is -0.484 e. The fourth-order valence-electron chi connectivity index (χ4n) is 4.87. The Morgan fingerprint density at radius 2 is 1.82 bits per heavy atom. The van der Waals surface area contributed by atoms with Crippen molar-refractivity contribution in [1.29, 1.82) is 5.26 Å². The number of alkyl halides is 3. The van der Waals surface area contributed by atoms with Crippen LogP contribution in [0.1, 0.15) is 73.6 Å². The zero-order chi connectivity index (χ0) is 28.9. The number of nitrogen functional groups attached to an aromatic ring is 1. The summed E-state index contributed by atoms with van der Waals surface area (Å²) in [6.45, 7) is 8.87. The van der Waals surface area contributed by atoms with E-state index in [9.17, 15) is 18.4 Å². The van der Waals surface area contributed by atoms with Gasteiger partial charge in [0.25, 0.3) is 0 Å². The molecule has 2 heterocycles. The minimum atomic E-state index is -4.47. The Morgan fingerprint density at radius 3 is 2.45 bits per heavy atom. The second-order valence-corrected chi connectivity index (χ2v) is 10.6. The number of ether oxygens (including phenoxy) is 1. The van der Waals surface area contributed by atoms with Crippen LogP contribution in [-0.2, 0) is 12.7 Å². The van der Waals surface area contributed by atoms with Crippen LogP contribution >= 0.6 is 0 Å². The van der Waals surface area contributed by atoms with Crippen molar-refractivity contribution in [1.82, 2.24) is 15.3 Å². The molecule has 0 amide bonds. The summed E-state index contributed by atoms with van der Waals surface area (Å²) in [7, 11) is 0. The van der Waals surface area contributed by atoms with Crippen molar-refractivity contribution in [2.24, 2.45) is 5.92 Å². The van der Waals surface area contributed by atoms with Gasteiger partial charge in [0.15, 0.2) is 0 Å². The molecule has 4 rings (SSSR count). The van der Waals surface area contributed by atoms with Gasteiger partial charge in [-0.2, -0.15) is 18.4 Å². The zero-order valence-corrected chi connectivity index (χ0v) is 23.0. The highest BCUT2D eigenvalue weighted by molar-refractivity contribution is 5.62. The third-order valence-corrected chi connectivity index (χ3v) is 7.23. The summed E-state index contributed by atoms with van der Waals surface area (Å²) in [5.74, 6) is 1.36. The second kappa shape index (κ2) is 12.6. The standard InChI is InChI=1S/C30H35F3N6O/c1-19(2)25-14-23(16-34)15-26(35)28(25)40-20(3)24-6-4-21(5-7-24)17-36-18-22-9-12-39(13-10-22)29-37-11-8-27(38-29)30(31,32)33/h4-8,11,14-15,19-20,22,36H,9-10,12-13,17-18,35H2,1-3H3. The van der Waals surface area contributed by atoms with Crippen molar-refractivity contribution in [2.45, 2.75) is 58.4 Å². The van der Waals surface area contributed by atoms with E-state index in [-0.39, 0.29) is 18.0 Å². The molecule has 2 aromatic carbocycles. The number of nitriles is 1. The highest BCUT2D eigenvalue weighted by atomic mass is 19.4. The summed E-state index contributed by atoms with van der Waals surface area (Å²) < 4.78 is 45.2. The molecule has 10 heteroatoms. The lowest BCUT2D eigenvalue weighted by molar-refractivity contribution is -0.141. The van der Waals surface area contributed by atoms with Crippen molar-refractivity contribution in [3.05, 3.63) is 76.6 Å². The van der Waals surface area contributed by atoms with E-state index in [4.69, 9.17) is 10.5 Å². The molecule has 1 atom stereocenters. The predicted octanol–water partition coefficient (Wildman–Crippen LogP) is 6.22. The van der Waals surface area contributed by atoms with Gasteiger partial charge in [0, 0.05) is 31.4 Å². The van der Waals surface area contributed by atoms with Crippen LogP contribution in [0.15, 0.2) is 48.7 Å². The van der Waals surface area contributed by atoms with Gasteiger partial charge in [-0.1, -0.05) is 38.1 Å². The molecule has 3 aromatic rings. The van der Waals surface area contributed by atoms with Crippen LogP contribution in [0, 0.1) is 17.2 Å². The van der Waals surface area contributed by atoms with Crippen LogP contribution in [-0.4, -0.2) is 29.6 Å². The SMILES string of the molecule is CC(C)c1cc(C#N)cc(N)c1OC(C)c1ccc(CNCC2CCN(c3nccc(C(F)(F)F)n3)CC2)cc1. The maximum Gasteiger partial charge on any atom is 0.433 e. The molecule has 0 aliphatic carbocycles. The van der Waals surface area contributed by atoms with Gasteiger partial charge in [-0.15, -0.1) is 0 Å². The Balaban J connectivity index is 1.26. The Morgan fingerprint density at radius 1 is 1.12 bits per heavy atom. The number of rotatable bonds is 9. The molecule has 1 aliphatic heterocycles. The molecule has 1 aliphatic rings. The molecule has 0 bridgehead atoms. The maximum absolute atomic E-state index is 13.0. The largest absolute Gasteiger partial charge is 0.484 e. The van der Waals surface area contributed by atoms with Gasteiger partial charge in [-0.05, 0) is 67.5 Å². The van der Waals surface area contributed by atoms with Crippen LogP contribution in [0.4, 0.5) is 24.8 Å². The summed E-state index contributed by atoms with van der Waals surface area (Å²) in [4.78, 5) is 9.57. The summed E-state index contributed by atoms with van der Waals surface area (Å²) in [6.07, 6.45) is -1.81. The third kappa shape index (κ3) is 7.21. The van der Waals surface area contributed by atoms with Crippen molar-refractivity contribution in [3.63, 3.8) is 0 Å². The first kappa shape index (κ1) is 29.2. The summed E-state index contributed by atoms with van der Waals surface area (Å²) >= 11 is 0. The third-order valence-electron chi connectivity index (χ3n) is 7.23. The number of aromatic nitrogens is 2. The Kier molecular flexibility index (Phi) is 9.15. The molecular formula is C30H35F3N6O. The molecule has 7 nitrogen and oxygen atoms in total. The van der Waals surface area contributed by atoms with E-state index in [2.05, 4.69) is 33.5 Å². The highest BCUT2D eigenvalue weighted by Crippen LogP contribution is 2.36. The number of nitrogens with one attached hydrogen (secondary N) is 1. The van der Waals surface area contributed by atoms with Crippen LogP contribution in [0.25, 0.3) is 0 Å². The predicted molar refractivity (Wildman–Crippen MR) is 149 cm³/mol. The molecule has 3 N–H and O–H groups in total. The molecular weight excluding hydrogens is 517 g/mol. The number of hydrogen-bond donors (Lipinski definition) is 2. The molecule has 0 saturated carbocycles. The van der Waals surface area contributed by atoms with E-state index in [0.717, 1.165) is 42.1 Å². The summed E-state index contributed by atoms with van der Waals surface area (Å²) in [6, 6.07) is 14.8. The lowest BCUT2D eigenvalue weighted by Crippen LogP contribution is -2.38.